The summed E-state index contributed by atoms with van der Waals surface area (Å²) in [6.07, 6.45) is 0.366. The van der Waals surface area contributed by atoms with E-state index in [2.05, 4.69) is 4.98 Å². The van der Waals surface area contributed by atoms with E-state index in [1.54, 1.807) is 0 Å². The monoisotopic (exact) mass is 486 g/mol. The highest BCUT2D eigenvalue weighted by molar-refractivity contribution is 14.1. The van der Waals surface area contributed by atoms with Crippen molar-refractivity contribution >= 4 is 22.6 Å². The van der Waals surface area contributed by atoms with E-state index in [-0.39, 0.29) is 24.4 Å². The third-order valence-electron chi connectivity index (χ3n) is 4.63. The van der Waals surface area contributed by atoms with Crippen LogP contribution in [-0.2, 0) is 14.2 Å². The zero-order chi connectivity index (χ0) is 19.0. The molecular formula is C18H19IN2O6. The Balaban J connectivity index is 1.40. The predicted octanol–water partition coefficient (Wildman–Crippen LogP) is 1.37. The van der Waals surface area contributed by atoms with Crippen molar-refractivity contribution < 1.29 is 18.9 Å². The number of alkyl halides is 1. The maximum Gasteiger partial charge on any atom is 0.331 e. The lowest BCUT2D eigenvalue weighted by Gasteiger charge is -2.21. The molecule has 9 heteroatoms. The lowest BCUT2D eigenvalue weighted by atomic mass is 10.1. The van der Waals surface area contributed by atoms with Gasteiger partial charge in [-0.1, -0.05) is 17.7 Å². The van der Waals surface area contributed by atoms with E-state index in [1.165, 1.54) is 22.4 Å². The largest absolute Gasteiger partial charge is 0.485 e. The van der Waals surface area contributed by atoms with Gasteiger partial charge in [0.2, 0.25) is 0 Å². The molecule has 2 aliphatic rings. The lowest BCUT2D eigenvalue weighted by molar-refractivity contribution is -0.0593. The van der Waals surface area contributed by atoms with Crippen molar-refractivity contribution in [1.29, 1.82) is 0 Å². The number of H-pyrrole nitrogens is 1. The van der Waals surface area contributed by atoms with Gasteiger partial charge in [0.05, 0.1) is 13.2 Å². The fourth-order valence-electron chi connectivity index (χ4n) is 3.24. The van der Waals surface area contributed by atoms with Crippen molar-refractivity contribution in [3.63, 3.8) is 0 Å². The Morgan fingerprint density at radius 2 is 1.78 bits per heavy atom. The quantitative estimate of drug-likeness (QED) is 0.507. The van der Waals surface area contributed by atoms with Gasteiger partial charge in [-0.25, -0.2) is 4.79 Å². The molecule has 1 aromatic heterocycles. The van der Waals surface area contributed by atoms with Crippen LogP contribution in [0, 0.1) is 6.92 Å². The van der Waals surface area contributed by atoms with E-state index in [4.69, 9.17) is 18.9 Å². The fourth-order valence-corrected chi connectivity index (χ4v) is 4.05. The first-order valence-corrected chi connectivity index (χ1v) is 9.83. The molecular weight excluding hydrogens is 467 g/mol. The summed E-state index contributed by atoms with van der Waals surface area (Å²) in [7, 11) is 0. The molecule has 0 amide bonds. The van der Waals surface area contributed by atoms with Gasteiger partial charge in [-0.05, 0) is 41.6 Å². The summed E-state index contributed by atoms with van der Waals surface area (Å²) in [5, 5.41) is 0. The van der Waals surface area contributed by atoms with Gasteiger partial charge in [-0.15, -0.1) is 0 Å². The number of aromatic nitrogens is 2. The van der Waals surface area contributed by atoms with Crippen LogP contribution >= 0.6 is 22.6 Å². The fraction of sp³-hybridized carbons (Fsp3) is 0.444. The summed E-state index contributed by atoms with van der Waals surface area (Å²) in [6, 6.07) is 9.12. The molecule has 0 radical (unpaired) electrons. The summed E-state index contributed by atoms with van der Waals surface area (Å²) >= 11 is 1.99. The molecule has 0 saturated carbocycles. The molecule has 1 N–H and O–H groups in total. The summed E-state index contributed by atoms with van der Waals surface area (Å²) in [5.41, 5.74) is 0.198. The highest BCUT2D eigenvalue weighted by Gasteiger charge is 2.50. The minimum absolute atomic E-state index is 0.213. The first-order chi connectivity index (χ1) is 13.0. The number of halogens is 1. The van der Waals surface area contributed by atoms with E-state index in [1.807, 2.05) is 53.8 Å². The molecule has 2 aliphatic heterocycles. The predicted molar refractivity (Wildman–Crippen MR) is 104 cm³/mol. The average Bonchev–Trinajstić information content (AvgIpc) is 3.20. The number of ether oxygens (including phenoxy) is 4. The van der Waals surface area contributed by atoms with E-state index in [0.29, 0.717) is 13.2 Å². The number of nitrogens with zero attached hydrogens (tertiary/aromatic N) is 1. The minimum atomic E-state index is -0.597. The van der Waals surface area contributed by atoms with Gasteiger partial charge in [0.25, 0.3) is 5.56 Å². The molecule has 5 atom stereocenters. The number of rotatable bonds is 5. The normalized spacial score (nSPS) is 28.1. The topological polar surface area (TPSA) is 91.8 Å². The van der Waals surface area contributed by atoms with Crippen LogP contribution in [0.25, 0.3) is 0 Å². The van der Waals surface area contributed by atoms with Crippen LogP contribution in [-0.4, -0.2) is 47.2 Å². The molecule has 0 spiro atoms. The maximum atomic E-state index is 11.9. The molecule has 4 rings (SSSR count). The molecule has 144 valence electrons. The van der Waals surface area contributed by atoms with Crippen molar-refractivity contribution in [3.8, 4) is 5.75 Å². The highest BCUT2D eigenvalue weighted by Crippen LogP contribution is 2.33. The Bertz CT molecular complexity index is 911. The van der Waals surface area contributed by atoms with Crippen LogP contribution in [0.3, 0.4) is 0 Å². The van der Waals surface area contributed by atoms with Gasteiger partial charge in [-0.3, -0.25) is 14.3 Å². The van der Waals surface area contributed by atoms with Gasteiger partial charge >= 0.3 is 5.69 Å². The summed E-state index contributed by atoms with van der Waals surface area (Å²) in [4.78, 5) is 25.3. The molecule has 0 aliphatic carbocycles. The van der Waals surface area contributed by atoms with Crippen molar-refractivity contribution in [2.24, 2.45) is 0 Å². The van der Waals surface area contributed by atoms with Crippen molar-refractivity contribution in [1.82, 2.24) is 9.55 Å². The van der Waals surface area contributed by atoms with Gasteiger partial charge in [-0.2, -0.15) is 0 Å². The second-order valence-electron chi connectivity index (χ2n) is 6.55. The first-order valence-electron chi connectivity index (χ1n) is 8.59. The third kappa shape index (κ3) is 3.96. The SMILES string of the molecule is Cc1ccc(O[C@H]2CO[C@H]3[C@@H]2OC[C@H]3OC(I)n2ccc(=O)[nH]c2=O)cc1. The second kappa shape index (κ2) is 7.74. The first kappa shape index (κ1) is 18.7. The lowest BCUT2D eigenvalue weighted by Crippen LogP contribution is -2.37. The number of fused-ring (bicyclic) bond motifs is 1. The smallest absolute Gasteiger partial charge is 0.331 e. The Morgan fingerprint density at radius 1 is 1.11 bits per heavy atom. The molecule has 8 nitrogen and oxygen atoms in total. The molecule has 1 aromatic carbocycles. The molecule has 2 saturated heterocycles. The zero-order valence-corrected chi connectivity index (χ0v) is 16.7. The number of nitrogens with one attached hydrogen (secondary N) is 1. The van der Waals surface area contributed by atoms with Crippen LogP contribution in [0.5, 0.6) is 5.75 Å². The van der Waals surface area contributed by atoms with Crippen LogP contribution in [0.4, 0.5) is 0 Å². The van der Waals surface area contributed by atoms with Gasteiger partial charge < -0.3 is 18.9 Å². The van der Waals surface area contributed by atoms with E-state index >= 15 is 0 Å². The van der Waals surface area contributed by atoms with Gasteiger partial charge in [0.1, 0.15) is 24.1 Å². The molecule has 0 bridgehead atoms. The van der Waals surface area contributed by atoms with Crippen LogP contribution in [0.1, 0.15) is 9.80 Å². The maximum absolute atomic E-state index is 11.9. The Labute approximate surface area is 168 Å². The Morgan fingerprint density at radius 3 is 2.48 bits per heavy atom. The molecule has 1 unspecified atom stereocenters. The molecule has 2 aromatic rings. The standard InChI is InChI=1S/C18H19IN2O6/c1-10-2-4-11(5-3-10)26-12-8-24-16-13(9-25-15(12)16)27-17(19)21-7-6-14(22)20-18(21)23/h2-7,12-13,15-17H,8-9H2,1H3,(H,20,22,23)/t12-,13+,15+,16+,17?/m0/s1. The average molecular weight is 486 g/mol. The van der Waals surface area contributed by atoms with E-state index in [0.717, 1.165) is 5.75 Å². The summed E-state index contributed by atoms with van der Waals surface area (Å²) in [6.45, 7) is 2.78. The van der Waals surface area contributed by atoms with Gasteiger partial charge in [0, 0.05) is 12.3 Å². The summed E-state index contributed by atoms with van der Waals surface area (Å²) < 4.78 is 24.4. The van der Waals surface area contributed by atoms with Gasteiger partial charge in [0.15, 0.2) is 10.3 Å². The second-order valence-corrected chi connectivity index (χ2v) is 7.61. The van der Waals surface area contributed by atoms with Crippen LogP contribution < -0.4 is 16.0 Å². The molecule has 2 fully saturated rings. The minimum Gasteiger partial charge on any atom is -0.485 e. The van der Waals surface area contributed by atoms with Crippen LogP contribution in [0.2, 0.25) is 0 Å². The number of hydrogen-bond acceptors (Lipinski definition) is 6. The van der Waals surface area contributed by atoms with Crippen molar-refractivity contribution in [2.75, 3.05) is 13.2 Å². The highest BCUT2D eigenvalue weighted by atomic mass is 127. The number of aromatic amines is 1. The zero-order valence-electron chi connectivity index (χ0n) is 14.5. The Kier molecular flexibility index (Phi) is 5.35. The van der Waals surface area contributed by atoms with Crippen molar-refractivity contribution in [2.45, 2.75) is 35.6 Å². The van der Waals surface area contributed by atoms with Crippen LogP contribution in [0.15, 0.2) is 46.1 Å². The van der Waals surface area contributed by atoms with E-state index in [9.17, 15) is 9.59 Å². The number of aryl methyl sites for hydroxylation is 1. The summed E-state index contributed by atoms with van der Waals surface area (Å²) in [5.74, 6) is 0.773. The number of hydrogen-bond donors (Lipinski definition) is 1. The molecule has 3 heterocycles. The van der Waals surface area contributed by atoms with E-state index < -0.39 is 15.5 Å². The van der Waals surface area contributed by atoms with Crippen molar-refractivity contribution in [3.05, 3.63) is 62.9 Å². The third-order valence-corrected chi connectivity index (χ3v) is 5.52. The number of benzene rings is 1. The molecule has 27 heavy (non-hydrogen) atoms. The Hall–Kier alpha value is -1.69.